The first kappa shape index (κ1) is 16.9. The molecule has 0 heterocycles. The van der Waals surface area contributed by atoms with E-state index in [0.717, 1.165) is 0 Å². The van der Waals surface area contributed by atoms with Crippen LogP contribution in [0.15, 0.2) is 36.4 Å². The number of ether oxygens (including phenoxy) is 1. The summed E-state index contributed by atoms with van der Waals surface area (Å²) in [7, 11) is 1.46. The van der Waals surface area contributed by atoms with E-state index >= 15 is 0 Å². The van der Waals surface area contributed by atoms with Crippen molar-refractivity contribution in [3.05, 3.63) is 46.4 Å². The molecule has 0 atom stereocenters. The van der Waals surface area contributed by atoms with Gasteiger partial charge in [-0.25, -0.2) is 0 Å². The summed E-state index contributed by atoms with van der Waals surface area (Å²) in [5.74, 6) is -1.65. The first-order valence-corrected chi connectivity index (χ1v) is 7.10. The Kier molecular flexibility index (Phi) is 5.31. The van der Waals surface area contributed by atoms with Gasteiger partial charge in [0.1, 0.15) is 11.5 Å². The van der Waals surface area contributed by atoms with Crippen molar-refractivity contribution in [2.45, 2.75) is 0 Å². The van der Waals surface area contributed by atoms with Gasteiger partial charge in [0.15, 0.2) is 0 Å². The van der Waals surface area contributed by atoms with Gasteiger partial charge in [-0.1, -0.05) is 23.2 Å². The van der Waals surface area contributed by atoms with Gasteiger partial charge in [0.25, 0.3) is 0 Å². The van der Waals surface area contributed by atoms with Crippen LogP contribution in [0.4, 0.5) is 11.4 Å². The molecule has 2 aromatic carbocycles. The average molecular weight is 355 g/mol. The Bertz CT molecular complexity index is 765. The van der Waals surface area contributed by atoms with Crippen molar-refractivity contribution < 1.29 is 19.4 Å². The topological polar surface area (TPSA) is 87.7 Å². The Morgan fingerprint density at radius 1 is 1.04 bits per heavy atom. The van der Waals surface area contributed by atoms with Gasteiger partial charge in [0.05, 0.1) is 17.8 Å². The fourth-order valence-corrected chi connectivity index (χ4v) is 2.15. The van der Waals surface area contributed by atoms with E-state index in [1.807, 2.05) is 0 Å². The smallest absolute Gasteiger partial charge is 0.314 e. The van der Waals surface area contributed by atoms with Crippen molar-refractivity contribution >= 4 is 46.4 Å². The fraction of sp³-hybridized carbons (Fsp3) is 0.0667. The number of halogens is 2. The number of phenolic OH excluding ortho intramolecular Hbond substituents is 1. The largest absolute Gasteiger partial charge is 0.506 e. The lowest BCUT2D eigenvalue weighted by molar-refractivity contribution is -0.133. The molecule has 120 valence electrons. The van der Waals surface area contributed by atoms with Crippen LogP contribution in [0.5, 0.6) is 11.5 Å². The molecule has 8 heteroatoms. The molecule has 2 amide bonds. The normalized spacial score (nSPS) is 10.0. The van der Waals surface area contributed by atoms with Crippen LogP contribution in [0.25, 0.3) is 0 Å². The number of hydrogen-bond acceptors (Lipinski definition) is 4. The summed E-state index contributed by atoms with van der Waals surface area (Å²) < 4.78 is 4.99. The molecule has 0 saturated heterocycles. The van der Waals surface area contributed by atoms with Gasteiger partial charge in [0.2, 0.25) is 0 Å². The minimum Gasteiger partial charge on any atom is -0.506 e. The van der Waals surface area contributed by atoms with Crippen LogP contribution in [0.3, 0.4) is 0 Å². The summed E-state index contributed by atoms with van der Waals surface area (Å²) in [5, 5.41) is 14.9. The van der Waals surface area contributed by atoms with E-state index in [1.54, 1.807) is 6.07 Å². The van der Waals surface area contributed by atoms with Gasteiger partial charge >= 0.3 is 11.8 Å². The molecule has 0 saturated carbocycles. The van der Waals surface area contributed by atoms with Crippen LogP contribution in [0.2, 0.25) is 10.0 Å². The molecule has 0 spiro atoms. The van der Waals surface area contributed by atoms with E-state index in [2.05, 4.69) is 10.6 Å². The summed E-state index contributed by atoms with van der Waals surface area (Å²) in [4.78, 5) is 23.7. The number of methoxy groups -OCH3 is 1. The second-order valence-corrected chi connectivity index (χ2v) is 5.26. The first-order chi connectivity index (χ1) is 10.9. The molecule has 23 heavy (non-hydrogen) atoms. The van der Waals surface area contributed by atoms with E-state index < -0.39 is 11.8 Å². The Hall–Kier alpha value is -2.44. The second-order valence-electron chi connectivity index (χ2n) is 4.42. The van der Waals surface area contributed by atoms with Crippen molar-refractivity contribution in [3.8, 4) is 11.5 Å². The molecule has 0 fully saturated rings. The van der Waals surface area contributed by atoms with Crippen LogP contribution in [-0.4, -0.2) is 24.0 Å². The molecule has 0 bridgehead atoms. The van der Waals surface area contributed by atoms with Gasteiger partial charge in [-0.3, -0.25) is 9.59 Å². The van der Waals surface area contributed by atoms with Crippen molar-refractivity contribution in [3.63, 3.8) is 0 Å². The number of aromatic hydroxyl groups is 1. The van der Waals surface area contributed by atoms with E-state index in [-0.39, 0.29) is 16.5 Å². The lowest BCUT2D eigenvalue weighted by Crippen LogP contribution is -2.29. The molecular formula is C15H12Cl2N2O4. The second kappa shape index (κ2) is 7.21. The quantitative estimate of drug-likeness (QED) is 0.582. The predicted octanol–water partition coefficient (Wildman–Crippen LogP) is 3.28. The highest BCUT2D eigenvalue weighted by atomic mass is 35.5. The summed E-state index contributed by atoms with van der Waals surface area (Å²) in [6.07, 6.45) is 0. The maximum absolute atomic E-state index is 11.9. The van der Waals surface area contributed by atoms with Crippen LogP contribution in [-0.2, 0) is 9.59 Å². The van der Waals surface area contributed by atoms with E-state index in [9.17, 15) is 14.7 Å². The van der Waals surface area contributed by atoms with Gasteiger partial charge < -0.3 is 20.5 Å². The monoisotopic (exact) mass is 354 g/mol. The van der Waals surface area contributed by atoms with E-state index in [4.69, 9.17) is 27.9 Å². The highest BCUT2D eigenvalue weighted by Gasteiger charge is 2.16. The molecule has 0 unspecified atom stereocenters. The van der Waals surface area contributed by atoms with Crippen molar-refractivity contribution in [2.24, 2.45) is 0 Å². The molecule has 3 N–H and O–H groups in total. The zero-order chi connectivity index (χ0) is 17.0. The predicted molar refractivity (Wildman–Crippen MR) is 88.4 cm³/mol. The van der Waals surface area contributed by atoms with Crippen molar-refractivity contribution in [1.29, 1.82) is 0 Å². The van der Waals surface area contributed by atoms with Gasteiger partial charge in [-0.15, -0.1) is 0 Å². The molecule has 2 rings (SSSR count). The molecule has 0 aliphatic rings. The zero-order valence-corrected chi connectivity index (χ0v) is 13.4. The molecule has 0 aromatic heterocycles. The van der Waals surface area contributed by atoms with Crippen molar-refractivity contribution in [1.82, 2.24) is 0 Å². The number of nitrogens with one attached hydrogen (secondary N) is 2. The van der Waals surface area contributed by atoms with Crippen LogP contribution < -0.4 is 15.4 Å². The number of hydrogen-bond donors (Lipinski definition) is 3. The van der Waals surface area contributed by atoms with Crippen molar-refractivity contribution in [2.75, 3.05) is 17.7 Å². The Morgan fingerprint density at radius 2 is 1.74 bits per heavy atom. The van der Waals surface area contributed by atoms with Crippen LogP contribution >= 0.6 is 23.2 Å². The Labute approximate surface area is 142 Å². The molecule has 0 radical (unpaired) electrons. The molecule has 0 aliphatic heterocycles. The summed E-state index contributed by atoms with van der Waals surface area (Å²) in [6.45, 7) is 0. The number of benzene rings is 2. The highest BCUT2D eigenvalue weighted by Crippen LogP contribution is 2.28. The third kappa shape index (κ3) is 4.28. The maximum atomic E-state index is 11.9. The van der Waals surface area contributed by atoms with Gasteiger partial charge in [-0.2, -0.15) is 0 Å². The number of amides is 2. The average Bonchev–Trinajstić information content (AvgIpc) is 2.51. The summed E-state index contributed by atoms with van der Waals surface area (Å²) >= 11 is 11.7. The third-order valence-electron chi connectivity index (χ3n) is 2.82. The third-order valence-corrected chi connectivity index (χ3v) is 3.35. The highest BCUT2D eigenvalue weighted by molar-refractivity contribution is 6.44. The lowest BCUT2D eigenvalue weighted by atomic mass is 10.2. The number of anilines is 2. The minimum atomic E-state index is -0.963. The molecular weight excluding hydrogens is 343 g/mol. The van der Waals surface area contributed by atoms with Gasteiger partial charge in [0, 0.05) is 10.7 Å². The van der Waals surface area contributed by atoms with Crippen LogP contribution in [0.1, 0.15) is 0 Å². The number of rotatable bonds is 3. The SMILES string of the molecule is COc1ccc(NC(=O)C(=O)Nc2cc(Cl)ccc2O)cc1Cl. The zero-order valence-electron chi connectivity index (χ0n) is 11.9. The minimum absolute atomic E-state index is 0.0328. The lowest BCUT2D eigenvalue weighted by Gasteiger charge is -2.09. The number of carbonyl (C=O) groups is 2. The standard InChI is InChI=1S/C15H12Cl2N2O4/c1-23-13-5-3-9(7-10(13)17)18-14(21)15(22)19-11-6-8(16)2-4-12(11)20/h2-7,20H,1H3,(H,18,21)(H,19,22). The maximum Gasteiger partial charge on any atom is 0.314 e. The van der Waals surface area contributed by atoms with Crippen LogP contribution in [0, 0.1) is 0 Å². The Morgan fingerprint density at radius 3 is 2.39 bits per heavy atom. The number of phenols is 1. The van der Waals surface area contributed by atoms with E-state index in [1.165, 1.54) is 37.4 Å². The summed E-state index contributed by atoms with van der Waals surface area (Å²) in [5.41, 5.74) is 0.358. The summed E-state index contributed by atoms with van der Waals surface area (Å²) in [6, 6.07) is 8.62. The number of carbonyl (C=O) groups excluding carboxylic acids is 2. The fourth-order valence-electron chi connectivity index (χ4n) is 1.72. The van der Waals surface area contributed by atoms with E-state index in [0.29, 0.717) is 16.5 Å². The Balaban J connectivity index is 2.07. The molecule has 0 aliphatic carbocycles. The molecule has 6 nitrogen and oxygen atoms in total. The molecule has 2 aromatic rings. The van der Waals surface area contributed by atoms with Gasteiger partial charge in [-0.05, 0) is 36.4 Å². The first-order valence-electron chi connectivity index (χ1n) is 6.35.